The largest absolute Gasteiger partial charge is 0.0952 e. The molecule has 0 radical (unpaired) electrons. The van der Waals surface area contributed by atoms with Crippen LogP contribution < -0.4 is 0 Å². The fourth-order valence-electron chi connectivity index (χ4n) is 6.21. The van der Waals surface area contributed by atoms with Gasteiger partial charge in [0.1, 0.15) is 0 Å². The lowest BCUT2D eigenvalue weighted by atomic mass is 9.80. The van der Waals surface area contributed by atoms with Gasteiger partial charge in [0, 0.05) is 5.92 Å². The molecule has 2 aromatic carbocycles. The van der Waals surface area contributed by atoms with Gasteiger partial charge in [0.05, 0.1) is 0 Å². The molecule has 2 aliphatic rings. The molecule has 2 aliphatic carbocycles. The fraction of sp³-hybridized carbons (Fsp3) is 0.487. The molecule has 0 nitrogen and oxygen atoms in total. The number of benzene rings is 2. The zero-order valence-electron chi connectivity index (χ0n) is 26.1. The van der Waals surface area contributed by atoms with Gasteiger partial charge in [-0.25, -0.2) is 0 Å². The molecule has 0 bridgehead atoms. The molecule has 39 heavy (non-hydrogen) atoms. The van der Waals surface area contributed by atoms with Gasteiger partial charge in [-0.3, -0.25) is 0 Å². The Bertz CT molecular complexity index is 1220. The van der Waals surface area contributed by atoms with Crippen molar-refractivity contribution in [3.63, 3.8) is 0 Å². The first-order valence-corrected chi connectivity index (χ1v) is 15.2. The number of hydrogen-bond donors (Lipinski definition) is 0. The van der Waals surface area contributed by atoms with Crippen molar-refractivity contribution in [1.29, 1.82) is 0 Å². The molecule has 0 saturated heterocycles. The van der Waals surface area contributed by atoms with Crippen LogP contribution in [-0.4, -0.2) is 0 Å². The molecule has 4 rings (SSSR count). The number of allylic oxidation sites excluding steroid dienone is 6. The first-order chi connectivity index (χ1) is 18.2. The molecule has 0 aliphatic heterocycles. The fourth-order valence-corrected chi connectivity index (χ4v) is 6.21. The van der Waals surface area contributed by atoms with E-state index in [1.807, 2.05) is 0 Å². The van der Waals surface area contributed by atoms with Crippen molar-refractivity contribution in [2.45, 2.75) is 99.8 Å². The lowest BCUT2D eigenvalue weighted by molar-refractivity contribution is 0.405. The van der Waals surface area contributed by atoms with Crippen LogP contribution in [0.2, 0.25) is 0 Å². The molecular weight excluding hydrogens is 468 g/mol. The highest BCUT2D eigenvalue weighted by Gasteiger charge is 2.26. The van der Waals surface area contributed by atoms with E-state index in [0.717, 1.165) is 31.6 Å². The van der Waals surface area contributed by atoms with E-state index in [1.165, 1.54) is 63.0 Å². The zero-order chi connectivity index (χ0) is 28.5. The Hall–Kier alpha value is -2.60. The quantitative estimate of drug-likeness (QED) is 0.292. The summed E-state index contributed by atoms with van der Waals surface area (Å²) in [6, 6.07) is 16.5. The van der Waals surface area contributed by atoms with Gasteiger partial charge in [-0.15, -0.1) is 0 Å². The van der Waals surface area contributed by atoms with E-state index in [4.69, 9.17) is 0 Å². The van der Waals surface area contributed by atoms with Crippen molar-refractivity contribution in [2.24, 2.45) is 22.7 Å². The molecule has 1 fully saturated rings. The summed E-state index contributed by atoms with van der Waals surface area (Å²) in [6.07, 6.45) is 11.9. The molecule has 1 unspecified atom stereocenters. The van der Waals surface area contributed by atoms with Crippen LogP contribution in [0.1, 0.15) is 115 Å². The highest BCUT2D eigenvalue weighted by Crippen LogP contribution is 2.42. The molecule has 0 heterocycles. The third kappa shape index (κ3) is 8.44. The van der Waals surface area contributed by atoms with Crippen LogP contribution in [0.25, 0.3) is 11.1 Å². The molecule has 208 valence electrons. The van der Waals surface area contributed by atoms with Gasteiger partial charge in [-0.1, -0.05) is 127 Å². The van der Waals surface area contributed by atoms with E-state index >= 15 is 0 Å². The molecule has 0 amide bonds. The van der Waals surface area contributed by atoms with E-state index in [9.17, 15) is 0 Å². The Morgan fingerprint density at radius 2 is 1.38 bits per heavy atom. The lowest BCUT2D eigenvalue weighted by Gasteiger charge is -2.24. The summed E-state index contributed by atoms with van der Waals surface area (Å²) in [7, 11) is 0. The minimum absolute atomic E-state index is 0.261. The second-order valence-electron chi connectivity index (χ2n) is 15.1. The van der Waals surface area contributed by atoms with Crippen LogP contribution in [0.4, 0.5) is 0 Å². The molecule has 0 aromatic heterocycles. The van der Waals surface area contributed by atoms with Crippen LogP contribution in [0.5, 0.6) is 0 Å². The highest BCUT2D eigenvalue weighted by molar-refractivity contribution is 5.66. The van der Waals surface area contributed by atoms with Crippen molar-refractivity contribution in [3.8, 4) is 0 Å². The minimum atomic E-state index is 0.261. The summed E-state index contributed by atoms with van der Waals surface area (Å²) in [5.74, 6) is 1.65. The topological polar surface area (TPSA) is 0 Å². The van der Waals surface area contributed by atoms with Crippen molar-refractivity contribution in [2.75, 3.05) is 0 Å². The summed E-state index contributed by atoms with van der Waals surface area (Å²) in [6.45, 7) is 27.6. The average Bonchev–Trinajstić information content (AvgIpc) is 3.54. The first kappa shape index (κ1) is 29.4. The minimum Gasteiger partial charge on any atom is -0.0952 e. The molecular formula is C39H52. The summed E-state index contributed by atoms with van der Waals surface area (Å²) >= 11 is 0. The highest BCUT2D eigenvalue weighted by atomic mass is 14.3. The Balaban J connectivity index is 1.51. The van der Waals surface area contributed by atoms with Gasteiger partial charge in [-0.05, 0) is 107 Å². The SMILES string of the molecule is C=C(CC1CC1)c1ccc(C2C=C(C)C=C2[C@H](C)CC(=C)c2cc(CC(C)(C)C)cc(CC(C)(C)C)c2)cc1. The third-order valence-corrected chi connectivity index (χ3v) is 8.14. The maximum absolute atomic E-state index is 4.63. The maximum Gasteiger partial charge on any atom is 0.0239 e. The lowest BCUT2D eigenvalue weighted by Crippen LogP contribution is -2.13. The van der Waals surface area contributed by atoms with E-state index in [-0.39, 0.29) is 10.8 Å². The van der Waals surface area contributed by atoms with Crippen LogP contribution >= 0.6 is 0 Å². The van der Waals surface area contributed by atoms with Crippen molar-refractivity contribution in [1.82, 2.24) is 0 Å². The summed E-state index contributed by atoms with van der Waals surface area (Å²) < 4.78 is 0. The molecule has 0 spiro atoms. The Morgan fingerprint density at radius 3 is 1.90 bits per heavy atom. The van der Waals surface area contributed by atoms with Crippen LogP contribution in [0.15, 0.2) is 78.9 Å². The molecule has 2 atom stereocenters. The number of rotatable bonds is 10. The first-order valence-electron chi connectivity index (χ1n) is 15.2. The standard InChI is InChI=1S/C39H52/c1-26-17-36(37(18-26)34-15-13-33(14-16-34)28(3)20-30-11-12-30)29(4)19-27(2)35-22-31(24-38(5,6)7)21-32(23-35)25-39(8,9)10/h13-18,21-23,29-30,37H,2-3,11-12,19-20,24-25H2,1,4-10H3/t29-,37?/m1/s1. The van der Waals surface area contributed by atoms with Crippen molar-refractivity contribution < 1.29 is 0 Å². The molecule has 2 aromatic rings. The van der Waals surface area contributed by atoms with E-state index in [1.54, 1.807) is 0 Å². The van der Waals surface area contributed by atoms with E-state index < -0.39 is 0 Å². The second-order valence-corrected chi connectivity index (χ2v) is 15.1. The Kier molecular flexibility index (Phi) is 8.65. The predicted octanol–water partition coefficient (Wildman–Crippen LogP) is 11.4. The molecule has 0 N–H and O–H groups in total. The summed E-state index contributed by atoms with van der Waals surface area (Å²) in [4.78, 5) is 0. The number of hydrogen-bond acceptors (Lipinski definition) is 0. The Morgan fingerprint density at radius 1 is 0.821 bits per heavy atom. The average molecular weight is 521 g/mol. The Labute approximate surface area is 240 Å². The van der Waals surface area contributed by atoms with E-state index in [0.29, 0.717) is 11.8 Å². The zero-order valence-corrected chi connectivity index (χ0v) is 26.1. The van der Waals surface area contributed by atoms with Gasteiger partial charge in [0.2, 0.25) is 0 Å². The van der Waals surface area contributed by atoms with Crippen LogP contribution in [-0.2, 0) is 12.8 Å². The molecule has 1 saturated carbocycles. The van der Waals surface area contributed by atoms with Gasteiger partial charge in [-0.2, -0.15) is 0 Å². The molecule has 0 heteroatoms. The predicted molar refractivity (Wildman–Crippen MR) is 173 cm³/mol. The van der Waals surface area contributed by atoms with Gasteiger partial charge in [0.15, 0.2) is 0 Å². The van der Waals surface area contributed by atoms with Gasteiger partial charge in [0.25, 0.3) is 0 Å². The smallest absolute Gasteiger partial charge is 0.0239 e. The van der Waals surface area contributed by atoms with E-state index in [2.05, 4.69) is 123 Å². The van der Waals surface area contributed by atoms with Crippen molar-refractivity contribution in [3.05, 3.63) is 107 Å². The maximum atomic E-state index is 4.63. The normalized spacial score (nSPS) is 18.5. The van der Waals surface area contributed by atoms with Crippen LogP contribution in [0.3, 0.4) is 0 Å². The third-order valence-electron chi connectivity index (χ3n) is 8.14. The van der Waals surface area contributed by atoms with Crippen LogP contribution in [0, 0.1) is 22.7 Å². The summed E-state index contributed by atoms with van der Waals surface area (Å²) in [5.41, 5.74) is 12.8. The second kappa shape index (κ2) is 11.5. The monoisotopic (exact) mass is 520 g/mol. The van der Waals surface area contributed by atoms with Gasteiger partial charge >= 0.3 is 0 Å². The summed E-state index contributed by atoms with van der Waals surface area (Å²) in [5, 5.41) is 0. The van der Waals surface area contributed by atoms with Crippen molar-refractivity contribution >= 4 is 11.1 Å². The van der Waals surface area contributed by atoms with Gasteiger partial charge < -0.3 is 0 Å².